The summed E-state index contributed by atoms with van der Waals surface area (Å²) in [5.74, 6) is -4.10. The van der Waals surface area contributed by atoms with Crippen LogP contribution in [0.25, 0.3) is 4.85 Å². The van der Waals surface area contributed by atoms with E-state index in [0.29, 0.717) is 19.0 Å². The Morgan fingerprint density at radius 3 is 1.88 bits per heavy atom. The summed E-state index contributed by atoms with van der Waals surface area (Å²) < 4.78 is 80.8. The van der Waals surface area contributed by atoms with Crippen molar-refractivity contribution in [1.29, 1.82) is 0 Å². The SMILES string of the molecule is [C-]#[N+]C1(C2CCCCC2)CCN(C(C(=O)N(C)CCC2CC(C(F)(F)F)CC(C(F)(F)F)C2)C2CCCCC2)CC1. The van der Waals surface area contributed by atoms with Gasteiger partial charge in [-0.05, 0) is 63.2 Å². The summed E-state index contributed by atoms with van der Waals surface area (Å²) in [6.07, 6.45) is 1.74. The first-order chi connectivity index (χ1) is 19.3. The van der Waals surface area contributed by atoms with Crippen LogP contribution in [0.1, 0.15) is 103 Å². The van der Waals surface area contributed by atoms with Crippen LogP contribution >= 0.6 is 0 Å². The first-order valence-electron chi connectivity index (χ1n) is 15.8. The van der Waals surface area contributed by atoms with E-state index in [1.165, 1.54) is 19.3 Å². The van der Waals surface area contributed by atoms with Gasteiger partial charge in [0.2, 0.25) is 11.4 Å². The van der Waals surface area contributed by atoms with Crippen molar-refractivity contribution >= 4 is 5.91 Å². The summed E-state index contributed by atoms with van der Waals surface area (Å²) in [6.45, 7) is 9.57. The molecule has 4 aliphatic rings. The molecule has 0 aromatic carbocycles. The molecule has 0 bridgehead atoms. The van der Waals surface area contributed by atoms with Crippen LogP contribution in [0.15, 0.2) is 0 Å². The van der Waals surface area contributed by atoms with Gasteiger partial charge in [0.15, 0.2) is 0 Å². The van der Waals surface area contributed by atoms with E-state index in [4.69, 9.17) is 6.57 Å². The third-order valence-corrected chi connectivity index (χ3v) is 11.0. The van der Waals surface area contributed by atoms with Crippen LogP contribution in [0, 0.1) is 36.2 Å². The molecule has 0 aromatic heterocycles. The Kier molecular flexibility index (Phi) is 10.6. The van der Waals surface area contributed by atoms with Crippen LogP contribution in [0.5, 0.6) is 0 Å². The fourth-order valence-electron chi connectivity index (χ4n) is 8.47. The standard InChI is InChI=1S/C31H47F6N3O/c1-38-29(24-11-7-4-8-12-24)14-17-40(18-15-29)27(23-9-5-3-6-10-23)28(41)39(2)16-13-22-19-25(30(32,33)34)21-26(20-22)31(35,36)37/h22-27H,3-21H2,2H3. The van der Waals surface area contributed by atoms with E-state index >= 15 is 0 Å². The van der Waals surface area contributed by atoms with Gasteiger partial charge in [0.25, 0.3) is 0 Å². The zero-order valence-electron chi connectivity index (χ0n) is 24.4. The zero-order chi connectivity index (χ0) is 29.8. The number of hydrogen-bond donors (Lipinski definition) is 0. The maximum atomic E-state index is 14.0. The second kappa shape index (κ2) is 13.4. The molecule has 10 heteroatoms. The summed E-state index contributed by atoms with van der Waals surface area (Å²) >= 11 is 0. The van der Waals surface area contributed by atoms with E-state index in [1.54, 1.807) is 11.9 Å². The average molecular weight is 592 g/mol. The van der Waals surface area contributed by atoms with Crippen molar-refractivity contribution in [3.8, 4) is 0 Å². The topological polar surface area (TPSA) is 27.9 Å². The van der Waals surface area contributed by atoms with Crippen LogP contribution in [0.2, 0.25) is 0 Å². The van der Waals surface area contributed by atoms with E-state index in [9.17, 15) is 31.1 Å². The normalized spacial score (nSPS) is 30.0. The molecule has 4 rings (SSSR count). The van der Waals surface area contributed by atoms with Crippen LogP contribution in [-0.4, -0.2) is 66.3 Å². The number of amides is 1. The van der Waals surface area contributed by atoms with E-state index in [2.05, 4.69) is 9.74 Å². The number of carbonyl (C=O) groups excluding carboxylic acids is 1. The van der Waals surface area contributed by atoms with Gasteiger partial charge in [0, 0.05) is 45.4 Å². The third-order valence-electron chi connectivity index (χ3n) is 11.0. The predicted octanol–water partition coefficient (Wildman–Crippen LogP) is 8.28. The zero-order valence-corrected chi connectivity index (χ0v) is 24.4. The van der Waals surface area contributed by atoms with Gasteiger partial charge in [0.1, 0.15) is 0 Å². The Bertz CT molecular complexity index is 873. The highest BCUT2D eigenvalue weighted by molar-refractivity contribution is 5.82. The molecule has 0 spiro atoms. The maximum absolute atomic E-state index is 14.0. The molecule has 1 heterocycles. The molecule has 234 valence electrons. The van der Waals surface area contributed by atoms with Gasteiger partial charge >= 0.3 is 12.4 Å². The van der Waals surface area contributed by atoms with Gasteiger partial charge in [-0.15, -0.1) is 0 Å². The number of halogens is 6. The van der Waals surface area contributed by atoms with Crippen LogP contribution in [0.4, 0.5) is 26.3 Å². The molecule has 0 radical (unpaired) electrons. The number of piperidine rings is 1. The average Bonchev–Trinajstić information content (AvgIpc) is 2.96. The van der Waals surface area contributed by atoms with Gasteiger partial charge < -0.3 is 9.74 Å². The lowest BCUT2D eigenvalue weighted by atomic mass is 9.70. The Labute approximate surface area is 241 Å². The van der Waals surface area contributed by atoms with Crippen molar-refractivity contribution in [3.63, 3.8) is 0 Å². The van der Waals surface area contributed by atoms with Crippen molar-refractivity contribution in [2.75, 3.05) is 26.7 Å². The van der Waals surface area contributed by atoms with E-state index < -0.39 is 36.5 Å². The lowest BCUT2D eigenvalue weighted by molar-refractivity contribution is -0.229. The number of hydrogen-bond acceptors (Lipinski definition) is 2. The van der Waals surface area contributed by atoms with E-state index in [1.807, 2.05) is 0 Å². The molecule has 3 unspecified atom stereocenters. The highest BCUT2D eigenvalue weighted by Crippen LogP contribution is 2.48. The number of likely N-dealkylation sites (tertiary alicyclic amines) is 1. The monoisotopic (exact) mass is 591 g/mol. The first-order valence-corrected chi connectivity index (χ1v) is 15.8. The highest BCUT2D eigenvalue weighted by Gasteiger charge is 2.52. The fraction of sp³-hybridized carbons (Fsp3) is 0.935. The summed E-state index contributed by atoms with van der Waals surface area (Å²) in [5, 5.41) is 0. The Morgan fingerprint density at radius 1 is 0.878 bits per heavy atom. The van der Waals surface area contributed by atoms with Crippen LogP contribution < -0.4 is 0 Å². The summed E-state index contributed by atoms with van der Waals surface area (Å²) in [5.41, 5.74) is -0.353. The lowest BCUT2D eigenvalue weighted by Crippen LogP contribution is -2.57. The number of alkyl halides is 6. The number of nitrogens with zero attached hydrogens (tertiary/aromatic N) is 3. The van der Waals surface area contributed by atoms with Crippen molar-refractivity contribution in [1.82, 2.24) is 9.80 Å². The highest BCUT2D eigenvalue weighted by atomic mass is 19.4. The minimum atomic E-state index is -4.65. The van der Waals surface area contributed by atoms with Gasteiger partial charge in [-0.1, -0.05) is 38.5 Å². The quantitative estimate of drug-likeness (QED) is 0.220. The molecule has 41 heavy (non-hydrogen) atoms. The second-order valence-corrected chi connectivity index (χ2v) is 13.5. The summed E-state index contributed by atoms with van der Waals surface area (Å²) in [4.78, 5) is 22.0. The van der Waals surface area contributed by atoms with Crippen LogP contribution in [0.3, 0.4) is 0 Å². The number of rotatable bonds is 7. The largest absolute Gasteiger partial charge is 0.391 e. The number of likely N-dealkylation sites (N-methyl/N-ethyl adjacent to an activating group) is 1. The molecule has 3 saturated carbocycles. The van der Waals surface area contributed by atoms with Crippen molar-refractivity contribution in [3.05, 3.63) is 11.4 Å². The Morgan fingerprint density at radius 2 is 1.39 bits per heavy atom. The molecular weight excluding hydrogens is 544 g/mol. The Balaban J connectivity index is 1.41. The molecule has 0 aromatic rings. The molecule has 1 aliphatic heterocycles. The molecule has 3 atom stereocenters. The minimum Gasteiger partial charge on any atom is -0.344 e. The fourth-order valence-corrected chi connectivity index (χ4v) is 8.47. The molecule has 1 saturated heterocycles. The van der Waals surface area contributed by atoms with Crippen molar-refractivity contribution in [2.45, 2.75) is 127 Å². The molecule has 1 amide bonds. The van der Waals surface area contributed by atoms with E-state index in [0.717, 1.165) is 57.8 Å². The van der Waals surface area contributed by atoms with Gasteiger partial charge in [-0.2, -0.15) is 26.3 Å². The lowest BCUT2D eigenvalue weighted by Gasteiger charge is -2.45. The van der Waals surface area contributed by atoms with Crippen LogP contribution in [-0.2, 0) is 4.79 Å². The third kappa shape index (κ3) is 7.92. The molecular formula is C31H47F6N3O. The van der Waals surface area contributed by atoms with Crippen molar-refractivity contribution in [2.24, 2.45) is 29.6 Å². The van der Waals surface area contributed by atoms with Gasteiger partial charge in [-0.25, -0.2) is 6.57 Å². The molecule has 3 aliphatic carbocycles. The second-order valence-electron chi connectivity index (χ2n) is 13.5. The molecule has 0 N–H and O–H groups in total. The molecule has 4 fully saturated rings. The van der Waals surface area contributed by atoms with Gasteiger partial charge in [-0.3, -0.25) is 9.69 Å². The minimum absolute atomic E-state index is 0.0690. The predicted molar refractivity (Wildman–Crippen MR) is 146 cm³/mol. The smallest absolute Gasteiger partial charge is 0.344 e. The maximum Gasteiger partial charge on any atom is 0.391 e. The summed E-state index contributed by atoms with van der Waals surface area (Å²) in [6, 6.07) is -0.340. The first kappa shape index (κ1) is 32.4. The van der Waals surface area contributed by atoms with Gasteiger partial charge in [0.05, 0.1) is 17.9 Å². The summed E-state index contributed by atoms with van der Waals surface area (Å²) in [7, 11) is 1.65. The van der Waals surface area contributed by atoms with Crippen molar-refractivity contribution < 1.29 is 31.1 Å². The Hall–Kier alpha value is -1.50. The number of carbonyl (C=O) groups is 1. The van der Waals surface area contributed by atoms with E-state index in [-0.39, 0.29) is 49.2 Å². The molecule has 4 nitrogen and oxygen atoms in total.